The predicted molar refractivity (Wildman–Crippen MR) is 60.3 cm³/mol. The van der Waals surface area contributed by atoms with Gasteiger partial charge in [-0.2, -0.15) is 5.26 Å². The normalized spacial score (nSPS) is 9.21. The van der Waals surface area contributed by atoms with Crippen LogP contribution in [-0.2, 0) is 0 Å². The van der Waals surface area contributed by atoms with Gasteiger partial charge in [0, 0.05) is 9.13 Å². The first-order valence-corrected chi connectivity index (χ1v) is 5.00. The van der Waals surface area contributed by atoms with Gasteiger partial charge in [0.2, 0.25) is 0 Å². The summed E-state index contributed by atoms with van der Waals surface area (Å²) < 4.78 is 5.84. The van der Waals surface area contributed by atoms with E-state index in [1.165, 1.54) is 0 Å². The Hall–Kier alpha value is -1.09. The van der Waals surface area contributed by atoms with E-state index >= 15 is 0 Å². The number of ether oxygens (including phenoxy) is 1. The van der Waals surface area contributed by atoms with E-state index in [2.05, 4.69) is 22.6 Å². The van der Waals surface area contributed by atoms with Gasteiger partial charge in [0.15, 0.2) is 5.78 Å². The SMILES string of the molecule is COc1ccc(I)c(C(=O)CC#N)c1. The lowest BCUT2D eigenvalue weighted by Crippen LogP contribution is -2.00. The van der Waals surface area contributed by atoms with Crippen molar-refractivity contribution >= 4 is 28.4 Å². The molecule has 0 aliphatic rings. The molecule has 1 aromatic carbocycles. The molecule has 0 aromatic heterocycles. The number of hydrogen-bond donors (Lipinski definition) is 0. The van der Waals surface area contributed by atoms with E-state index in [0.717, 1.165) is 3.57 Å². The summed E-state index contributed by atoms with van der Waals surface area (Å²) in [7, 11) is 1.54. The zero-order valence-electron chi connectivity index (χ0n) is 7.58. The zero-order valence-corrected chi connectivity index (χ0v) is 9.74. The topological polar surface area (TPSA) is 50.1 Å². The highest BCUT2D eigenvalue weighted by Crippen LogP contribution is 2.20. The fourth-order valence-corrected chi connectivity index (χ4v) is 1.65. The Morgan fingerprint density at radius 3 is 2.93 bits per heavy atom. The van der Waals surface area contributed by atoms with Crippen molar-refractivity contribution in [1.82, 2.24) is 0 Å². The summed E-state index contributed by atoms with van der Waals surface area (Å²) >= 11 is 2.06. The van der Waals surface area contributed by atoms with Crippen LogP contribution in [0.25, 0.3) is 0 Å². The fourth-order valence-electron chi connectivity index (χ4n) is 1.01. The van der Waals surface area contributed by atoms with Crippen molar-refractivity contribution in [2.45, 2.75) is 6.42 Å². The molecule has 3 nitrogen and oxygen atoms in total. The second-order valence-electron chi connectivity index (χ2n) is 2.60. The molecule has 0 aliphatic carbocycles. The Balaban J connectivity index is 3.07. The summed E-state index contributed by atoms with van der Waals surface area (Å²) in [5, 5.41) is 8.41. The number of hydrogen-bond acceptors (Lipinski definition) is 3. The van der Waals surface area contributed by atoms with Crippen molar-refractivity contribution in [1.29, 1.82) is 5.26 Å². The number of nitrogens with zero attached hydrogens (tertiary/aromatic N) is 1. The number of carbonyl (C=O) groups is 1. The Labute approximate surface area is 95.8 Å². The van der Waals surface area contributed by atoms with Crippen molar-refractivity contribution in [3.8, 4) is 11.8 Å². The lowest BCUT2D eigenvalue weighted by molar-refractivity contribution is 0.0996. The third kappa shape index (κ3) is 2.45. The van der Waals surface area contributed by atoms with Gasteiger partial charge in [0.1, 0.15) is 5.75 Å². The molecule has 4 heteroatoms. The van der Waals surface area contributed by atoms with Gasteiger partial charge in [-0.25, -0.2) is 0 Å². The molecule has 0 atom stereocenters. The molecule has 0 heterocycles. The van der Waals surface area contributed by atoms with E-state index in [4.69, 9.17) is 10.00 Å². The van der Waals surface area contributed by atoms with Crippen LogP contribution in [0.5, 0.6) is 5.75 Å². The van der Waals surface area contributed by atoms with Crippen LogP contribution in [0.3, 0.4) is 0 Å². The Morgan fingerprint density at radius 2 is 2.36 bits per heavy atom. The summed E-state index contributed by atoms with van der Waals surface area (Å²) in [6, 6.07) is 7.07. The number of carbonyl (C=O) groups excluding carboxylic acids is 1. The number of halogens is 1. The molecule has 1 aromatic rings. The zero-order chi connectivity index (χ0) is 10.6. The van der Waals surface area contributed by atoms with Gasteiger partial charge in [-0.3, -0.25) is 4.79 Å². The molecule has 0 fully saturated rings. The number of ketones is 1. The minimum absolute atomic E-state index is 0.0941. The first kappa shape index (κ1) is 11.0. The molecule has 72 valence electrons. The van der Waals surface area contributed by atoms with E-state index in [1.807, 2.05) is 6.07 Å². The van der Waals surface area contributed by atoms with Crippen molar-refractivity contribution in [2.75, 3.05) is 7.11 Å². The van der Waals surface area contributed by atoms with Gasteiger partial charge in [0.05, 0.1) is 19.6 Å². The Kier molecular flexibility index (Phi) is 3.89. The van der Waals surface area contributed by atoms with E-state index in [-0.39, 0.29) is 12.2 Å². The van der Waals surface area contributed by atoms with Crippen LogP contribution in [0.4, 0.5) is 0 Å². The molecule has 14 heavy (non-hydrogen) atoms. The van der Waals surface area contributed by atoms with E-state index in [0.29, 0.717) is 11.3 Å². The molecule has 0 unspecified atom stereocenters. The fraction of sp³-hybridized carbons (Fsp3) is 0.200. The van der Waals surface area contributed by atoms with Crippen LogP contribution in [-0.4, -0.2) is 12.9 Å². The third-order valence-corrected chi connectivity index (χ3v) is 2.65. The van der Waals surface area contributed by atoms with Crippen LogP contribution in [0.15, 0.2) is 18.2 Å². The maximum atomic E-state index is 11.5. The first-order valence-electron chi connectivity index (χ1n) is 3.92. The summed E-state index contributed by atoms with van der Waals surface area (Å²) in [5.74, 6) is 0.461. The maximum Gasteiger partial charge on any atom is 0.178 e. The van der Waals surface area contributed by atoms with Crippen molar-refractivity contribution in [3.05, 3.63) is 27.3 Å². The molecule has 0 bridgehead atoms. The average molecular weight is 301 g/mol. The van der Waals surface area contributed by atoms with Crippen LogP contribution in [0.1, 0.15) is 16.8 Å². The molecule has 0 aliphatic heterocycles. The highest BCUT2D eigenvalue weighted by Gasteiger charge is 2.10. The summed E-state index contributed by atoms with van der Waals surface area (Å²) in [6.07, 6.45) is -0.0941. The van der Waals surface area contributed by atoms with E-state index in [1.54, 1.807) is 25.3 Å². The Morgan fingerprint density at radius 1 is 1.64 bits per heavy atom. The molecule has 1 rings (SSSR count). The Bertz CT molecular complexity index is 396. The number of methoxy groups -OCH3 is 1. The lowest BCUT2D eigenvalue weighted by Gasteiger charge is -2.04. The quantitative estimate of drug-likeness (QED) is 0.636. The van der Waals surface area contributed by atoms with Crippen molar-refractivity contribution in [3.63, 3.8) is 0 Å². The van der Waals surface area contributed by atoms with Crippen LogP contribution < -0.4 is 4.74 Å². The molecule has 0 spiro atoms. The molecule has 0 saturated heterocycles. The smallest absolute Gasteiger partial charge is 0.178 e. The summed E-state index contributed by atoms with van der Waals surface area (Å²) in [4.78, 5) is 11.5. The van der Waals surface area contributed by atoms with Gasteiger partial charge in [-0.05, 0) is 40.8 Å². The third-order valence-electron chi connectivity index (χ3n) is 1.71. The number of nitriles is 1. The highest BCUT2D eigenvalue weighted by atomic mass is 127. The first-order chi connectivity index (χ1) is 6.69. The number of rotatable bonds is 3. The van der Waals surface area contributed by atoms with Crippen LogP contribution in [0.2, 0.25) is 0 Å². The van der Waals surface area contributed by atoms with Crippen molar-refractivity contribution in [2.24, 2.45) is 0 Å². The van der Waals surface area contributed by atoms with Gasteiger partial charge in [-0.1, -0.05) is 0 Å². The second kappa shape index (κ2) is 4.96. The standard InChI is InChI=1S/C10H8INO2/c1-14-7-2-3-9(11)8(6-7)10(13)4-5-12/h2-3,6H,4H2,1H3. The molecular weight excluding hydrogens is 293 g/mol. The van der Waals surface area contributed by atoms with Crippen molar-refractivity contribution < 1.29 is 9.53 Å². The molecule has 0 radical (unpaired) electrons. The minimum atomic E-state index is -0.171. The lowest BCUT2D eigenvalue weighted by atomic mass is 10.1. The van der Waals surface area contributed by atoms with Gasteiger partial charge < -0.3 is 4.74 Å². The van der Waals surface area contributed by atoms with Gasteiger partial charge in [0.25, 0.3) is 0 Å². The largest absolute Gasteiger partial charge is 0.497 e. The highest BCUT2D eigenvalue weighted by molar-refractivity contribution is 14.1. The number of benzene rings is 1. The van der Waals surface area contributed by atoms with Gasteiger partial charge in [-0.15, -0.1) is 0 Å². The predicted octanol–water partition coefficient (Wildman–Crippen LogP) is 2.40. The monoisotopic (exact) mass is 301 g/mol. The summed E-state index contributed by atoms with van der Waals surface area (Å²) in [5.41, 5.74) is 0.548. The summed E-state index contributed by atoms with van der Waals surface area (Å²) in [6.45, 7) is 0. The second-order valence-corrected chi connectivity index (χ2v) is 3.77. The average Bonchev–Trinajstić information content (AvgIpc) is 2.19. The van der Waals surface area contributed by atoms with Gasteiger partial charge >= 0.3 is 0 Å². The number of Topliss-reactive ketones (excluding diaryl/α,β-unsaturated/α-hetero) is 1. The van der Waals surface area contributed by atoms with E-state index < -0.39 is 0 Å². The molecule has 0 saturated carbocycles. The molecule has 0 N–H and O–H groups in total. The van der Waals surface area contributed by atoms with Crippen LogP contribution in [0, 0.1) is 14.9 Å². The molecular formula is C10H8INO2. The maximum absolute atomic E-state index is 11.5. The molecule has 0 amide bonds. The minimum Gasteiger partial charge on any atom is -0.497 e. The van der Waals surface area contributed by atoms with E-state index in [9.17, 15) is 4.79 Å². The van der Waals surface area contributed by atoms with Crippen LogP contribution >= 0.6 is 22.6 Å².